The summed E-state index contributed by atoms with van der Waals surface area (Å²) in [5, 5.41) is 0. The molecule has 136 valence electrons. The molecule has 9 heteroatoms. The molecule has 3 fully saturated rings. The van der Waals surface area contributed by atoms with E-state index in [0.717, 1.165) is 25.9 Å². The van der Waals surface area contributed by atoms with Gasteiger partial charge >= 0.3 is 12.0 Å². The molecule has 4 rings (SSSR count). The summed E-state index contributed by atoms with van der Waals surface area (Å²) >= 11 is 0. The number of ether oxygens (including phenoxy) is 1. The van der Waals surface area contributed by atoms with Gasteiger partial charge in [-0.3, -0.25) is 0 Å². The number of amides is 2. The summed E-state index contributed by atoms with van der Waals surface area (Å²) in [6.45, 7) is 2.34. The van der Waals surface area contributed by atoms with E-state index in [4.69, 9.17) is 4.74 Å². The lowest BCUT2D eigenvalue weighted by atomic mass is 9.84. The molecular formula is C16H22N4O4S. The van der Waals surface area contributed by atoms with Gasteiger partial charge in [-0.05, 0) is 25.3 Å². The molecule has 8 nitrogen and oxygen atoms in total. The SMILES string of the molecule is O=C(N1CCCC1)N1CC2(C1)[C@@H](COc1ncccn1)CCS2(=O)=O. The number of carbonyl (C=O) groups is 1. The van der Waals surface area contributed by atoms with Gasteiger partial charge in [-0.25, -0.2) is 23.2 Å². The lowest BCUT2D eigenvalue weighted by Gasteiger charge is -2.50. The van der Waals surface area contributed by atoms with E-state index < -0.39 is 14.6 Å². The summed E-state index contributed by atoms with van der Waals surface area (Å²) in [7, 11) is -3.23. The molecule has 0 N–H and O–H groups in total. The average molecular weight is 366 g/mol. The highest BCUT2D eigenvalue weighted by Crippen LogP contribution is 2.45. The summed E-state index contributed by atoms with van der Waals surface area (Å²) in [5.41, 5.74) is 0. The highest BCUT2D eigenvalue weighted by Gasteiger charge is 2.63. The maximum absolute atomic E-state index is 12.6. The number of likely N-dealkylation sites (tertiary alicyclic amines) is 2. The van der Waals surface area contributed by atoms with Crippen LogP contribution in [0, 0.1) is 5.92 Å². The molecule has 3 saturated heterocycles. The fourth-order valence-electron chi connectivity index (χ4n) is 4.09. The molecule has 1 aromatic heterocycles. The van der Waals surface area contributed by atoms with Crippen LogP contribution >= 0.6 is 0 Å². The van der Waals surface area contributed by atoms with Gasteiger partial charge in [-0.1, -0.05) is 0 Å². The van der Waals surface area contributed by atoms with Crippen LogP contribution in [0.1, 0.15) is 19.3 Å². The monoisotopic (exact) mass is 366 g/mol. The first-order valence-corrected chi connectivity index (χ1v) is 10.3. The quantitative estimate of drug-likeness (QED) is 0.776. The van der Waals surface area contributed by atoms with Crippen LogP contribution in [0.25, 0.3) is 0 Å². The van der Waals surface area contributed by atoms with E-state index >= 15 is 0 Å². The van der Waals surface area contributed by atoms with Gasteiger partial charge in [0.15, 0.2) is 9.84 Å². The number of sulfone groups is 1. The Morgan fingerprint density at radius 2 is 1.88 bits per heavy atom. The van der Waals surface area contributed by atoms with Crippen LogP contribution < -0.4 is 4.74 Å². The highest BCUT2D eigenvalue weighted by molar-refractivity contribution is 7.93. The zero-order valence-corrected chi connectivity index (χ0v) is 14.8. The van der Waals surface area contributed by atoms with E-state index in [2.05, 4.69) is 9.97 Å². The molecule has 1 spiro atoms. The van der Waals surface area contributed by atoms with E-state index in [-0.39, 0.29) is 43.4 Å². The number of carbonyl (C=O) groups excluding carboxylic acids is 1. The van der Waals surface area contributed by atoms with E-state index in [1.807, 2.05) is 4.90 Å². The van der Waals surface area contributed by atoms with Crippen molar-refractivity contribution in [3.63, 3.8) is 0 Å². The summed E-state index contributed by atoms with van der Waals surface area (Å²) in [5.74, 6) is 0.0199. The normalized spacial score (nSPS) is 26.6. The van der Waals surface area contributed by atoms with E-state index in [1.54, 1.807) is 23.4 Å². The third-order valence-electron chi connectivity index (χ3n) is 5.62. The number of nitrogens with zero attached hydrogens (tertiary/aromatic N) is 4. The number of aromatic nitrogens is 2. The summed E-state index contributed by atoms with van der Waals surface area (Å²) in [6.07, 6.45) is 5.78. The molecule has 2 amide bonds. The largest absolute Gasteiger partial charge is 0.463 e. The minimum atomic E-state index is -3.23. The molecule has 1 atom stereocenters. The first kappa shape index (κ1) is 16.6. The van der Waals surface area contributed by atoms with Gasteiger partial charge in [-0.15, -0.1) is 0 Å². The summed E-state index contributed by atoms with van der Waals surface area (Å²) in [4.78, 5) is 24.0. The molecular weight excluding hydrogens is 344 g/mol. The summed E-state index contributed by atoms with van der Waals surface area (Å²) < 4.78 is 30.0. The van der Waals surface area contributed by atoms with Crippen molar-refractivity contribution < 1.29 is 17.9 Å². The van der Waals surface area contributed by atoms with Gasteiger partial charge in [0.2, 0.25) is 0 Å². The number of hydrogen-bond donors (Lipinski definition) is 0. The van der Waals surface area contributed by atoms with Crippen LogP contribution in [0.4, 0.5) is 4.79 Å². The lowest BCUT2D eigenvalue weighted by Crippen LogP contribution is -2.70. The van der Waals surface area contributed by atoms with Gasteiger partial charge in [0.05, 0.1) is 12.4 Å². The molecule has 3 aliphatic heterocycles. The predicted octanol–water partition coefficient (Wildman–Crippen LogP) is 0.560. The van der Waals surface area contributed by atoms with Gasteiger partial charge < -0.3 is 14.5 Å². The predicted molar refractivity (Wildman–Crippen MR) is 89.9 cm³/mol. The Labute approximate surface area is 147 Å². The minimum Gasteiger partial charge on any atom is -0.463 e. The maximum Gasteiger partial charge on any atom is 0.320 e. The second-order valence-electron chi connectivity index (χ2n) is 7.04. The molecule has 1 aromatic rings. The minimum absolute atomic E-state index is 0.0312. The van der Waals surface area contributed by atoms with Crippen LogP contribution in [0.3, 0.4) is 0 Å². The Hall–Kier alpha value is -1.90. The lowest BCUT2D eigenvalue weighted by molar-refractivity contribution is 0.0692. The van der Waals surface area contributed by atoms with Gasteiger partial charge in [0, 0.05) is 44.5 Å². The van der Waals surface area contributed by atoms with Crippen molar-refractivity contribution in [1.29, 1.82) is 0 Å². The summed E-state index contributed by atoms with van der Waals surface area (Å²) in [6, 6.07) is 1.92. The molecule has 3 aliphatic rings. The molecule has 0 aliphatic carbocycles. The highest BCUT2D eigenvalue weighted by atomic mass is 32.2. The Kier molecular flexibility index (Phi) is 4.05. The standard InChI is InChI=1S/C16H22N4O4S/c21-15(19-7-1-2-8-19)20-11-16(12-20)13(4-9-25(16,22)23)10-24-14-17-5-3-6-18-14/h3,5-6,13H,1-2,4,7-12H2/t13-/m1/s1. The molecule has 0 saturated carbocycles. The fourth-order valence-corrected chi connectivity index (χ4v) is 6.49. The van der Waals surface area contributed by atoms with Crippen LogP contribution in [0.2, 0.25) is 0 Å². The van der Waals surface area contributed by atoms with Crippen LogP contribution in [0.15, 0.2) is 18.5 Å². The smallest absolute Gasteiger partial charge is 0.320 e. The van der Waals surface area contributed by atoms with E-state index in [9.17, 15) is 13.2 Å². The second kappa shape index (κ2) is 6.12. The van der Waals surface area contributed by atoms with E-state index in [1.165, 1.54) is 0 Å². The van der Waals surface area contributed by atoms with Crippen molar-refractivity contribution in [3.05, 3.63) is 18.5 Å². The fraction of sp³-hybridized carbons (Fsp3) is 0.688. The van der Waals surface area contributed by atoms with Gasteiger partial charge in [-0.2, -0.15) is 0 Å². The topological polar surface area (TPSA) is 92.7 Å². The van der Waals surface area contributed by atoms with Crippen LogP contribution in [-0.4, -0.2) is 77.5 Å². The third-order valence-corrected chi connectivity index (χ3v) is 8.22. The Morgan fingerprint density at radius 3 is 2.56 bits per heavy atom. The van der Waals surface area contributed by atoms with Crippen molar-refractivity contribution >= 4 is 15.9 Å². The number of hydrogen-bond acceptors (Lipinski definition) is 6. The van der Waals surface area contributed by atoms with Crippen molar-refractivity contribution in [3.8, 4) is 6.01 Å². The van der Waals surface area contributed by atoms with Crippen LogP contribution in [-0.2, 0) is 9.84 Å². The molecule has 25 heavy (non-hydrogen) atoms. The maximum atomic E-state index is 12.6. The van der Waals surface area contributed by atoms with Crippen molar-refractivity contribution in [2.24, 2.45) is 5.92 Å². The second-order valence-corrected chi connectivity index (χ2v) is 9.50. The zero-order chi connectivity index (χ0) is 17.5. The first-order chi connectivity index (χ1) is 12.0. The molecule has 0 radical (unpaired) electrons. The van der Waals surface area contributed by atoms with Crippen molar-refractivity contribution in [2.45, 2.75) is 24.0 Å². The Bertz CT molecular complexity index is 743. The van der Waals surface area contributed by atoms with E-state index in [0.29, 0.717) is 6.42 Å². The average Bonchev–Trinajstić information content (AvgIpc) is 3.18. The first-order valence-electron chi connectivity index (χ1n) is 8.68. The molecule has 4 heterocycles. The zero-order valence-electron chi connectivity index (χ0n) is 14.0. The number of rotatable bonds is 3. The number of urea groups is 1. The Balaban J connectivity index is 1.44. The molecule has 0 bridgehead atoms. The third kappa shape index (κ3) is 2.74. The molecule has 0 aromatic carbocycles. The van der Waals surface area contributed by atoms with Crippen molar-refractivity contribution in [1.82, 2.24) is 19.8 Å². The van der Waals surface area contributed by atoms with Gasteiger partial charge in [0.25, 0.3) is 0 Å². The Morgan fingerprint density at radius 1 is 1.20 bits per heavy atom. The van der Waals surface area contributed by atoms with Crippen LogP contribution in [0.5, 0.6) is 6.01 Å². The van der Waals surface area contributed by atoms with Crippen molar-refractivity contribution in [2.75, 3.05) is 38.5 Å². The molecule has 0 unspecified atom stereocenters. The van der Waals surface area contributed by atoms with Gasteiger partial charge in [0.1, 0.15) is 4.75 Å².